The lowest BCUT2D eigenvalue weighted by Crippen LogP contribution is -2.32. The minimum atomic E-state index is -3.66. The fourth-order valence-electron chi connectivity index (χ4n) is 3.48. The number of nitrogens with zero attached hydrogens (tertiary/aromatic N) is 1. The van der Waals surface area contributed by atoms with Gasteiger partial charge in [-0.3, -0.25) is 4.79 Å². The highest BCUT2D eigenvalue weighted by atomic mass is 32.2. The molecule has 3 heterocycles. The first-order chi connectivity index (χ1) is 11.5. The molecule has 6 nitrogen and oxygen atoms in total. The van der Waals surface area contributed by atoms with Crippen molar-refractivity contribution in [3.05, 3.63) is 47.4 Å². The lowest BCUT2D eigenvalue weighted by atomic mass is 9.97. The summed E-state index contributed by atoms with van der Waals surface area (Å²) in [5.41, 5.74) is 2.68. The van der Waals surface area contributed by atoms with Gasteiger partial charge in [-0.15, -0.1) is 0 Å². The normalized spacial score (nSPS) is 19.6. The number of anilines is 1. The number of benzene rings is 1. The van der Waals surface area contributed by atoms with Crippen molar-refractivity contribution in [2.75, 3.05) is 11.4 Å². The molecule has 24 heavy (non-hydrogen) atoms. The van der Waals surface area contributed by atoms with Crippen molar-refractivity contribution >= 4 is 21.6 Å². The SMILES string of the molecule is CC1C(=O)N2CCCc3cc(S(=O)(=O)NCc4ccco4)cc1c32. The van der Waals surface area contributed by atoms with Crippen LogP contribution in [-0.4, -0.2) is 20.9 Å². The van der Waals surface area contributed by atoms with Crippen molar-refractivity contribution in [3.63, 3.8) is 0 Å². The number of hydrogen-bond acceptors (Lipinski definition) is 4. The fraction of sp³-hybridized carbons (Fsp3) is 0.353. The van der Waals surface area contributed by atoms with E-state index in [1.165, 1.54) is 6.26 Å². The smallest absolute Gasteiger partial charge is 0.240 e. The van der Waals surface area contributed by atoms with Crippen molar-refractivity contribution in [1.29, 1.82) is 0 Å². The number of amides is 1. The Morgan fingerprint density at radius 1 is 1.38 bits per heavy atom. The van der Waals surface area contributed by atoms with Crippen LogP contribution in [0.1, 0.15) is 36.1 Å². The molecule has 126 valence electrons. The van der Waals surface area contributed by atoms with E-state index in [1.54, 1.807) is 29.2 Å². The minimum Gasteiger partial charge on any atom is -0.468 e. The molecule has 0 fully saturated rings. The van der Waals surface area contributed by atoms with Crippen molar-refractivity contribution in [2.45, 2.75) is 37.1 Å². The van der Waals surface area contributed by atoms with Gasteiger partial charge in [0.05, 0.1) is 29.3 Å². The summed E-state index contributed by atoms with van der Waals surface area (Å²) in [6, 6.07) is 6.76. The van der Waals surface area contributed by atoms with Crippen molar-refractivity contribution in [1.82, 2.24) is 4.72 Å². The summed E-state index contributed by atoms with van der Waals surface area (Å²) in [7, 11) is -3.66. The van der Waals surface area contributed by atoms with Crippen LogP contribution in [0.3, 0.4) is 0 Å². The molecule has 0 saturated carbocycles. The molecule has 0 saturated heterocycles. The molecule has 1 aromatic heterocycles. The van der Waals surface area contributed by atoms with Gasteiger partial charge in [0.15, 0.2) is 0 Å². The summed E-state index contributed by atoms with van der Waals surface area (Å²) in [5, 5.41) is 0. The molecule has 0 bridgehead atoms. The quantitative estimate of drug-likeness (QED) is 0.920. The van der Waals surface area contributed by atoms with Gasteiger partial charge in [-0.1, -0.05) is 0 Å². The summed E-state index contributed by atoms with van der Waals surface area (Å²) in [6.07, 6.45) is 3.15. The molecule has 1 atom stereocenters. The lowest BCUT2D eigenvalue weighted by Gasteiger charge is -2.25. The van der Waals surface area contributed by atoms with Gasteiger partial charge >= 0.3 is 0 Å². The highest BCUT2D eigenvalue weighted by molar-refractivity contribution is 7.89. The molecule has 1 aromatic carbocycles. The molecule has 2 aromatic rings. The van der Waals surface area contributed by atoms with E-state index in [0.29, 0.717) is 12.3 Å². The van der Waals surface area contributed by atoms with E-state index in [4.69, 9.17) is 4.42 Å². The van der Waals surface area contributed by atoms with Gasteiger partial charge in [0, 0.05) is 6.54 Å². The Hall–Kier alpha value is -2.12. The Labute approximate surface area is 140 Å². The molecule has 1 amide bonds. The first-order valence-electron chi connectivity index (χ1n) is 7.97. The van der Waals surface area contributed by atoms with Crippen LogP contribution in [0, 0.1) is 0 Å². The monoisotopic (exact) mass is 346 g/mol. The zero-order valence-electron chi connectivity index (χ0n) is 13.3. The molecule has 1 N–H and O–H groups in total. The summed E-state index contributed by atoms with van der Waals surface area (Å²) in [6.45, 7) is 2.65. The second kappa shape index (κ2) is 5.46. The largest absolute Gasteiger partial charge is 0.468 e. The first kappa shape index (κ1) is 15.4. The maximum atomic E-state index is 12.6. The van der Waals surface area contributed by atoms with Crippen molar-refractivity contribution < 1.29 is 17.6 Å². The highest BCUT2D eigenvalue weighted by Crippen LogP contribution is 2.43. The zero-order chi connectivity index (χ0) is 16.9. The number of nitrogens with one attached hydrogen (secondary N) is 1. The molecule has 0 spiro atoms. The number of carbonyl (C=O) groups is 1. The number of sulfonamides is 1. The second-order valence-electron chi connectivity index (χ2n) is 6.24. The van der Waals surface area contributed by atoms with Crippen LogP contribution >= 0.6 is 0 Å². The van der Waals surface area contributed by atoms with Crippen LogP contribution in [0.15, 0.2) is 39.8 Å². The average Bonchev–Trinajstić information content (AvgIpc) is 3.18. The topological polar surface area (TPSA) is 79.6 Å². The first-order valence-corrected chi connectivity index (χ1v) is 9.46. The Kier molecular flexibility index (Phi) is 3.51. The van der Waals surface area contributed by atoms with Gasteiger partial charge in [-0.05, 0) is 55.2 Å². The van der Waals surface area contributed by atoms with Crippen LogP contribution in [0.25, 0.3) is 0 Å². The van der Waals surface area contributed by atoms with Gasteiger partial charge in [-0.25, -0.2) is 13.1 Å². The van der Waals surface area contributed by atoms with E-state index in [-0.39, 0.29) is 23.3 Å². The van der Waals surface area contributed by atoms with E-state index in [0.717, 1.165) is 29.7 Å². The minimum absolute atomic E-state index is 0.0593. The summed E-state index contributed by atoms with van der Waals surface area (Å²) >= 11 is 0. The molecule has 0 aliphatic carbocycles. The predicted molar refractivity (Wildman–Crippen MR) is 88.3 cm³/mol. The predicted octanol–water partition coefficient (Wildman–Crippen LogP) is 2.15. The molecule has 4 rings (SSSR count). The van der Waals surface area contributed by atoms with Gasteiger partial charge in [0.25, 0.3) is 0 Å². The third-order valence-corrected chi connectivity index (χ3v) is 6.10. The van der Waals surface area contributed by atoms with Crippen LogP contribution < -0.4 is 9.62 Å². The van der Waals surface area contributed by atoms with Gasteiger partial charge < -0.3 is 9.32 Å². The summed E-state index contributed by atoms with van der Waals surface area (Å²) in [5.74, 6) is 0.317. The second-order valence-corrected chi connectivity index (χ2v) is 8.01. The Bertz CT molecular complexity index is 903. The van der Waals surface area contributed by atoms with Crippen molar-refractivity contribution in [2.24, 2.45) is 0 Å². The third-order valence-electron chi connectivity index (χ3n) is 4.72. The zero-order valence-corrected chi connectivity index (χ0v) is 14.1. The third kappa shape index (κ3) is 2.35. The molecular weight excluding hydrogens is 328 g/mol. The van der Waals surface area contributed by atoms with Crippen LogP contribution in [0.2, 0.25) is 0 Å². The molecule has 7 heteroatoms. The van der Waals surface area contributed by atoms with E-state index in [9.17, 15) is 13.2 Å². The van der Waals surface area contributed by atoms with Crippen molar-refractivity contribution in [3.8, 4) is 0 Å². The standard InChI is InChI=1S/C17H18N2O4S/c1-11-15-9-14(24(21,22)18-10-13-5-3-7-23-13)8-12-4-2-6-19(16(12)15)17(11)20/h3,5,7-9,11,18H,2,4,6,10H2,1H3. The highest BCUT2D eigenvalue weighted by Gasteiger charge is 2.38. The van der Waals surface area contributed by atoms with Gasteiger partial charge in [0.1, 0.15) is 5.76 Å². The molecule has 1 unspecified atom stereocenters. The number of rotatable bonds is 4. The molecule has 2 aliphatic rings. The number of furan rings is 1. The number of hydrogen-bond donors (Lipinski definition) is 1. The molecular formula is C17H18N2O4S. The molecule has 0 radical (unpaired) electrons. The number of aryl methyl sites for hydroxylation is 1. The molecule has 2 aliphatic heterocycles. The van der Waals surface area contributed by atoms with Crippen LogP contribution in [0.5, 0.6) is 0 Å². The average molecular weight is 346 g/mol. The Balaban J connectivity index is 1.71. The van der Waals surface area contributed by atoms with E-state index in [1.807, 2.05) is 6.92 Å². The Morgan fingerprint density at radius 2 is 2.21 bits per heavy atom. The van der Waals surface area contributed by atoms with E-state index in [2.05, 4.69) is 4.72 Å². The Morgan fingerprint density at radius 3 is 2.96 bits per heavy atom. The summed E-state index contributed by atoms with van der Waals surface area (Å²) < 4.78 is 33.0. The van der Waals surface area contributed by atoms with Crippen LogP contribution in [-0.2, 0) is 27.8 Å². The maximum Gasteiger partial charge on any atom is 0.240 e. The maximum absolute atomic E-state index is 12.6. The van der Waals surface area contributed by atoms with Gasteiger partial charge in [0.2, 0.25) is 15.9 Å². The number of carbonyl (C=O) groups excluding carboxylic acids is 1. The van der Waals surface area contributed by atoms with E-state index < -0.39 is 10.0 Å². The van der Waals surface area contributed by atoms with Crippen LogP contribution in [0.4, 0.5) is 5.69 Å². The lowest BCUT2D eigenvalue weighted by molar-refractivity contribution is -0.119. The fourth-order valence-corrected chi connectivity index (χ4v) is 4.56. The van der Waals surface area contributed by atoms with Gasteiger partial charge in [-0.2, -0.15) is 0 Å². The van der Waals surface area contributed by atoms with E-state index >= 15 is 0 Å². The summed E-state index contributed by atoms with van der Waals surface area (Å²) in [4.78, 5) is 14.4.